The van der Waals surface area contributed by atoms with E-state index in [1.54, 1.807) is 13.3 Å². The number of nitrogens with zero attached hydrogens (tertiary/aromatic N) is 2. The lowest BCUT2D eigenvalue weighted by Gasteiger charge is -2.33. The standard InChI is InChI=1S/C12H21ClN4OS/c1-12(4-3-7-19-12)11(16-14)10-9(13)8-15-17(10)5-6-18-2/h8,11,16H,3-7,14H2,1-2H3. The molecule has 2 rings (SSSR count). The van der Waals surface area contributed by atoms with Gasteiger partial charge in [0.2, 0.25) is 0 Å². The number of rotatable bonds is 6. The molecule has 5 nitrogen and oxygen atoms in total. The third-order valence-corrected chi connectivity index (χ3v) is 5.52. The Morgan fingerprint density at radius 2 is 2.53 bits per heavy atom. The van der Waals surface area contributed by atoms with Gasteiger partial charge in [0.15, 0.2) is 0 Å². The molecule has 2 atom stereocenters. The van der Waals surface area contributed by atoms with Gasteiger partial charge in [0.05, 0.1) is 36.1 Å². The minimum atomic E-state index is -0.00754. The molecule has 0 amide bonds. The Morgan fingerprint density at radius 3 is 3.11 bits per heavy atom. The summed E-state index contributed by atoms with van der Waals surface area (Å²) in [5.41, 5.74) is 3.89. The number of hydrazine groups is 1. The van der Waals surface area contributed by atoms with Crippen LogP contribution in [0, 0.1) is 0 Å². The summed E-state index contributed by atoms with van der Waals surface area (Å²) >= 11 is 8.25. The van der Waals surface area contributed by atoms with Gasteiger partial charge in [0.1, 0.15) is 0 Å². The molecule has 1 aliphatic rings. The molecule has 1 saturated heterocycles. The Bertz CT molecular complexity index is 420. The highest BCUT2D eigenvalue weighted by molar-refractivity contribution is 8.00. The minimum absolute atomic E-state index is 0.00754. The molecule has 1 aromatic rings. The zero-order valence-corrected chi connectivity index (χ0v) is 12.9. The Kier molecular flexibility index (Phi) is 5.14. The second kappa shape index (κ2) is 6.45. The quantitative estimate of drug-likeness (QED) is 0.621. The highest BCUT2D eigenvalue weighted by atomic mass is 35.5. The monoisotopic (exact) mass is 304 g/mol. The molecule has 0 radical (unpaired) electrons. The van der Waals surface area contributed by atoms with E-state index in [1.807, 2.05) is 16.4 Å². The fraction of sp³-hybridized carbons (Fsp3) is 0.750. The van der Waals surface area contributed by atoms with Gasteiger partial charge in [-0.25, -0.2) is 5.43 Å². The molecule has 2 unspecified atom stereocenters. The molecule has 0 saturated carbocycles. The number of hydrogen-bond acceptors (Lipinski definition) is 5. The van der Waals surface area contributed by atoms with Crippen molar-refractivity contribution in [3.63, 3.8) is 0 Å². The Morgan fingerprint density at radius 1 is 1.74 bits per heavy atom. The van der Waals surface area contributed by atoms with Gasteiger partial charge in [-0.3, -0.25) is 10.5 Å². The largest absolute Gasteiger partial charge is 0.383 e. The maximum Gasteiger partial charge on any atom is 0.0835 e. The predicted molar refractivity (Wildman–Crippen MR) is 79.3 cm³/mol. The van der Waals surface area contributed by atoms with E-state index in [4.69, 9.17) is 22.2 Å². The molecular weight excluding hydrogens is 284 g/mol. The van der Waals surface area contributed by atoms with Crippen LogP contribution in [0.1, 0.15) is 31.5 Å². The summed E-state index contributed by atoms with van der Waals surface area (Å²) in [7, 11) is 1.68. The number of nitrogens with one attached hydrogen (secondary N) is 1. The van der Waals surface area contributed by atoms with Gasteiger partial charge >= 0.3 is 0 Å². The summed E-state index contributed by atoms with van der Waals surface area (Å²) in [4.78, 5) is 0. The van der Waals surface area contributed by atoms with E-state index < -0.39 is 0 Å². The van der Waals surface area contributed by atoms with Crippen molar-refractivity contribution in [1.82, 2.24) is 15.2 Å². The predicted octanol–water partition coefficient (Wildman–Crippen LogP) is 1.97. The molecular formula is C12H21ClN4OS. The smallest absolute Gasteiger partial charge is 0.0835 e. The van der Waals surface area contributed by atoms with Crippen molar-refractivity contribution in [1.29, 1.82) is 0 Å². The van der Waals surface area contributed by atoms with Gasteiger partial charge in [-0.05, 0) is 25.5 Å². The number of ether oxygens (including phenoxy) is 1. The van der Waals surface area contributed by atoms with Crippen molar-refractivity contribution in [3.8, 4) is 0 Å². The van der Waals surface area contributed by atoms with Crippen LogP contribution in [0.4, 0.5) is 0 Å². The first-order chi connectivity index (χ1) is 9.12. The number of halogens is 1. The van der Waals surface area contributed by atoms with Crippen LogP contribution in [0.3, 0.4) is 0 Å². The van der Waals surface area contributed by atoms with E-state index in [0.717, 1.165) is 12.1 Å². The Hall–Kier alpha value is -0.270. The lowest BCUT2D eigenvalue weighted by Crippen LogP contribution is -2.42. The van der Waals surface area contributed by atoms with Crippen molar-refractivity contribution < 1.29 is 4.74 Å². The number of methoxy groups -OCH3 is 1. The molecule has 0 aliphatic carbocycles. The lowest BCUT2D eigenvalue weighted by atomic mass is 9.94. The van der Waals surface area contributed by atoms with E-state index >= 15 is 0 Å². The molecule has 3 N–H and O–H groups in total. The zero-order valence-electron chi connectivity index (χ0n) is 11.4. The first kappa shape index (κ1) is 15.1. The van der Waals surface area contributed by atoms with E-state index in [1.165, 1.54) is 12.2 Å². The lowest BCUT2D eigenvalue weighted by molar-refractivity contribution is 0.181. The maximum absolute atomic E-state index is 6.31. The third-order valence-electron chi connectivity index (χ3n) is 3.64. The van der Waals surface area contributed by atoms with Crippen LogP contribution < -0.4 is 11.3 Å². The summed E-state index contributed by atoms with van der Waals surface area (Å²) in [6.45, 7) is 3.52. The summed E-state index contributed by atoms with van der Waals surface area (Å²) in [6.07, 6.45) is 4.02. The molecule has 1 aromatic heterocycles. The topological polar surface area (TPSA) is 65.1 Å². The van der Waals surface area contributed by atoms with Gasteiger partial charge in [-0.1, -0.05) is 11.6 Å². The van der Waals surface area contributed by atoms with Crippen molar-refractivity contribution in [3.05, 3.63) is 16.9 Å². The van der Waals surface area contributed by atoms with Crippen LogP contribution in [0.25, 0.3) is 0 Å². The Balaban J connectivity index is 2.29. The molecule has 0 bridgehead atoms. The molecule has 7 heteroatoms. The normalized spacial score (nSPS) is 24.8. The van der Waals surface area contributed by atoms with Crippen LogP contribution in [-0.2, 0) is 11.3 Å². The zero-order chi connectivity index (χ0) is 13.9. The molecule has 0 spiro atoms. The maximum atomic E-state index is 6.31. The van der Waals surface area contributed by atoms with Crippen LogP contribution in [-0.4, -0.2) is 34.0 Å². The average Bonchev–Trinajstić information content (AvgIpc) is 2.97. The van der Waals surface area contributed by atoms with Gasteiger partial charge in [-0.2, -0.15) is 16.9 Å². The summed E-state index contributed by atoms with van der Waals surface area (Å²) < 4.78 is 7.06. The second-order valence-electron chi connectivity index (χ2n) is 4.96. The highest BCUT2D eigenvalue weighted by Gasteiger charge is 2.40. The first-order valence-corrected chi connectivity index (χ1v) is 7.79. The van der Waals surface area contributed by atoms with Gasteiger partial charge in [-0.15, -0.1) is 0 Å². The molecule has 1 aliphatic heterocycles. The molecule has 2 heterocycles. The van der Waals surface area contributed by atoms with E-state index in [-0.39, 0.29) is 10.8 Å². The fourth-order valence-electron chi connectivity index (χ4n) is 2.59. The van der Waals surface area contributed by atoms with Crippen molar-refractivity contribution in [2.75, 3.05) is 19.5 Å². The van der Waals surface area contributed by atoms with E-state index in [9.17, 15) is 0 Å². The van der Waals surface area contributed by atoms with Gasteiger partial charge < -0.3 is 4.74 Å². The van der Waals surface area contributed by atoms with Crippen LogP contribution >= 0.6 is 23.4 Å². The average molecular weight is 305 g/mol. The van der Waals surface area contributed by atoms with E-state index in [0.29, 0.717) is 18.2 Å². The number of nitrogens with two attached hydrogens (primary N) is 1. The van der Waals surface area contributed by atoms with Crippen molar-refractivity contribution >= 4 is 23.4 Å². The number of hydrogen-bond donors (Lipinski definition) is 2. The van der Waals surface area contributed by atoms with E-state index in [2.05, 4.69) is 17.4 Å². The molecule has 108 valence electrons. The Labute approximate surface area is 123 Å². The fourth-order valence-corrected chi connectivity index (χ4v) is 4.23. The van der Waals surface area contributed by atoms with Crippen LogP contribution in [0.5, 0.6) is 0 Å². The van der Waals surface area contributed by atoms with Crippen LogP contribution in [0.15, 0.2) is 6.20 Å². The number of aromatic nitrogens is 2. The minimum Gasteiger partial charge on any atom is -0.383 e. The summed E-state index contributed by atoms with van der Waals surface area (Å²) in [6, 6.07) is -0.00754. The van der Waals surface area contributed by atoms with Gasteiger partial charge in [0, 0.05) is 11.9 Å². The number of thioether (sulfide) groups is 1. The van der Waals surface area contributed by atoms with Crippen molar-refractivity contribution in [2.45, 2.75) is 37.1 Å². The first-order valence-electron chi connectivity index (χ1n) is 6.42. The third kappa shape index (κ3) is 3.08. The second-order valence-corrected chi connectivity index (χ2v) is 6.99. The molecule has 0 aromatic carbocycles. The highest BCUT2D eigenvalue weighted by Crippen LogP contribution is 2.47. The molecule has 1 fully saturated rings. The SMILES string of the molecule is COCCn1ncc(Cl)c1C(NN)C1(C)CCCS1. The van der Waals surface area contributed by atoms with Gasteiger partial charge in [0.25, 0.3) is 0 Å². The summed E-state index contributed by atoms with van der Waals surface area (Å²) in [5, 5.41) is 4.98. The summed E-state index contributed by atoms with van der Waals surface area (Å²) in [5.74, 6) is 6.97. The van der Waals surface area contributed by atoms with Crippen LogP contribution in [0.2, 0.25) is 5.02 Å². The van der Waals surface area contributed by atoms with Crippen molar-refractivity contribution in [2.24, 2.45) is 5.84 Å². The molecule has 19 heavy (non-hydrogen) atoms.